The van der Waals surface area contributed by atoms with Gasteiger partial charge in [0.15, 0.2) is 0 Å². The summed E-state index contributed by atoms with van der Waals surface area (Å²) < 4.78 is 4.35. The first-order valence-corrected chi connectivity index (χ1v) is 5.28. The van der Waals surface area contributed by atoms with Crippen molar-refractivity contribution in [2.75, 3.05) is 0 Å². The largest absolute Gasteiger partial charge is 0.478 e. The predicted octanol–water partition coefficient (Wildman–Crippen LogP) is 1.76. The minimum atomic E-state index is -0.998. The topological polar surface area (TPSA) is 92.3 Å². The van der Waals surface area contributed by atoms with E-state index < -0.39 is 5.97 Å². The van der Waals surface area contributed by atoms with Crippen LogP contribution in [-0.2, 0) is 14.3 Å². The van der Waals surface area contributed by atoms with Crippen molar-refractivity contribution in [1.82, 2.24) is 10.2 Å². The fraction of sp³-hybridized carbons (Fsp3) is 0. The molecule has 6 nitrogen and oxygen atoms in total. The zero-order chi connectivity index (χ0) is 13.9. The minimum Gasteiger partial charge on any atom is -0.478 e. The van der Waals surface area contributed by atoms with Gasteiger partial charge in [-0.25, -0.2) is 4.79 Å². The van der Waals surface area contributed by atoms with Gasteiger partial charge in [0, 0.05) is 6.08 Å². The van der Waals surface area contributed by atoms with Crippen molar-refractivity contribution in [2.24, 2.45) is 0 Å². The van der Waals surface area contributed by atoms with Gasteiger partial charge in [-0.05, 0) is 24.3 Å². The number of carboxylic acids is 1. The average Bonchev–Trinajstić information content (AvgIpc) is 2.82. The molecule has 0 aliphatic carbocycles. The van der Waals surface area contributed by atoms with Crippen LogP contribution in [-0.4, -0.2) is 27.7 Å². The van der Waals surface area contributed by atoms with Gasteiger partial charge in [-0.15, -0.1) is 0 Å². The van der Waals surface area contributed by atoms with E-state index in [1.807, 2.05) is 0 Å². The van der Waals surface area contributed by atoms with Crippen LogP contribution in [0.25, 0.3) is 12.2 Å². The molecule has 98 valence electrons. The molecule has 0 fully saturated rings. The molecule has 6 heteroatoms. The number of rotatable bonds is 7. The van der Waals surface area contributed by atoms with Crippen LogP contribution in [0.3, 0.4) is 0 Å². The second kappa shape index (κ2) is 8.24. The first kappa shape index (κ1) is 14.2. The molecule has 0 aromatic carbocycles. The van der Waals surface area contributed by atoms with Crippen molar-refractivity contribution in [2.45, 2.75) is 0 Å². The van der Waals surface area contributed by atoms with E-state index in [1.54, 1.807) is 36.4 Å². The van der Waals surface area contributed by atoms with Gasteiger partial charge < -0.3 is 9.84 Å². The Labute approximate surface area is 109 Å². The smallest absolute Gasteiger partial charge is 0.328 e. The Morgan fingerprint density at radius 3 is 2.79 bits per heavy atom. The van der Waals surface area contributed by atoms with Crippen LogP contribution >= 0.6 is 0 Å². The third kappa shape index (κ3) is 6.42. The van der Waals surface area contributed by atoms with Gasteiger partial charge in [0.25, 0.3) is 6.47 Å². The summed E-state index contributed by atoms with van der Waals surface area (Å²) in [6, 6.07) is 1.77. The summed E-state index contributed by atoms with van der Waals surface area (Å²) in [5, 5.41) is 15.2. The monoisotopic (exact) mass is 260 g/mol. The molecule has 2 N–H and O–H groups in total. The maximum atomic E-state index is 10.2. The normalized spacial score (nSPS) is 12.0. The Kier molecular flexibility index (Phi) is 6.14. The molecule has 0 spiro atoms. The summed E-state index contributed by atoms with van der Waals surface area (Å²) >= 11 is 0. The summed E-state index contributed by atoms with van der Waals surface area (Å²) in [6.45, 7) is 0.326. The summed E-state index contributed by atoms with van der Waals surface area (Å²) in [4.78, 5) is 20.1. The van der Waals surface area contributed by atoms with E-state index >= 15 is 0 Å². The molecule has 0 unspecified atom stereocenters. The molecule has 0 aliphatic heterocycles. The van der Waals surface area contributed by atoms with Gasteiger partial charge in [0.1, 0.15) is 0 Å². The van der Waals surface area contributed by atoms with Crippen molar-refractivity contribution < 1.29 is 19.4 Å². The standard InChI is InChI=1S/C13H12N2O4/c16-10-19-8-4-3-6-12-9-11(14-15-12)5-1-2-7-13(17)18/h1-10H,(H,14,15)(H,17,18)/b5-1+,6-3+,7-2+,8-4+. The van der Waals surface area contributed by atoms with Gasteiger partial charge in [-0.3, -0.25) is 9.89 Å². The zero-order valence-electron chi connectivity index (χ0n) is 9.89. The van der Waals surface area contributed by atoms with E-state index in [0.717, 1.165) is 11.8 Å². The highest BCUT2D eigenvalue weighted by atomic mass is 16.5. The molecule has 1 aromatic heterocycles. The average molecular weight is 260 g/mol. The van der Waals surface area contributed by atoms with E-state index in [2.05, 4.69) is 14.9 Å². The maximum Gasteiger partial charge on any atom is 0.328 e. The molecule has 0 amide bonds. The molecule has 1 heterocycles. The second-order valence-corrected chi connectivity index (χ2v) is 3.22. The SMILES string of the molecule is O=CO/C=C/C=C/c1cc(/C=C/C=C/C(=O)O)[nH]n1. The number of allylic oxidation sites excluding steroid dienone is 4. The number of ether oxygens (including phenoxy) is 1. The third-order valence-corrected chi connectivity index (χ3v) is 1.83. The first-order chi connectivity index (χ1) is 9.22. The lowest BCUT2D eigenvalue weighted by Gasteiger charge is -1.80. The fourth-order valence-corrected chi connectivity index (χ4v) is 1.10. The van der Waals surface area contributed by atoms with E-state index in [4.69, 9.17) is 5.11 Å². The Balaban J connectivity index is 2.52. The second-order valence-electron chi connectivity index (χ2n) is 3.22. The molecular weight excluding hydrogens is 248 g/mol. The van der Waals surface area contributed by atoms with Crippen molar-refractivity contribution in [3.05, 3.63) is 54.1 Å². The van der Waals surface area contributed by atoms with E-state index in [-0.39, 0.29) is 0 Å². The number of aromatic nitrogens is 2. The van der Waals surface area contributed by atoms with Gasteiger partial charge >= 0.3 is 5.97 Å². The number of H-pyrrole nitrogens is 1. The zero-order valence-corrected chi connectivity index (χ0v) is 9.89. The lowest BCUT2D eigenvalue weighted by atomic mass is 10.3. The molecule has 1 aromatic rings. The third-order valence-electron chi connectivity index (χ3n) is 1.83. The quantitative estimate of drug-likeness (QED) is 0.337. The summed E-state index contributed by atoms with van der Waals surface area (Å²) in [5.74, 6) is -0.998. The molecular formula is C13H12N2O4. The summed E-state index contributed by atoms with van der Waals surface area (Å²) in [7, 11) is 0. The van der Waals surface area contributed by atoms with Crippen LogP contribution < -0.4 is 0 Å². The highest BCUT2D eigenvalue weighted by molar-refractivity contribution is 5.80. The number of hydrogen-bond acceptors (Lipinski definition) is 4. The van der Waals surface area contributed by atoms with Crippen LogP contribution in [0.2, 0.25) is 0 Å². The van der Waals surface area contributed by atoms with Crippen LogP contribution in [0.1, 0.15) is 11.4 Å². The molecule has 0 radical (unpaired) electrons. The van der Waals surface area contributed by atoms with E-state index in [0.29, 0.717) is 12.2 Å². The lowest BCUT2D eigenvalue weighted by Crippen LogP contribution is -1.84. The Morgan fingerprint density at radius 1 is 1.26 bits per heavy atom. The number of carbonyl (C=O) groups is 2. The van der Waals surface area contributed by atoms with Crippen molar-refractivity contribution in [3.8, 4) is 0 Å². The Hall–Kier alpha value is -2.89. The van der Waals surface area contributed by atoms with Crippen molar-refractivity contribution in [3.63, 3.8) is 0 Å². The first-order valence-electron chi connectivity index (χ1n) is 5.28. The summed E-state index contributed by atoms with van der Waals surface area (Å²) in [5.41, 5.74) is 1.43. The fourth-order valence-electron chi connectivity index (χ4n) is 1.10. The number of hydrogen-bond donors (Lipinski definition) is 2. The number of aliphatic carboxylic acids is 1. The number of nitrogens with one attached hydrogen (secondary N) is 1. The number of carboxylic acid groups (broad SMARTS) is 1. The molecule has 0 saturated heterocycles. The van der Waals surface area contributed by atoms with Crippen LogP contribution in [0.4, 0.5) is 0 Å². The van der Waals surface area contributed by atoms with Crippen molar-refractivity contribution in [1.29, 1.82) is 0 Å². The minimum absolute atomic E-state index is 0.326. The van der Waals surface area contributed by atoms with Crippen LogP contribution in [0.5, 0.6) is 0 Å². The van der Waals surface area contributed by atoms with E-state index in [9.17, 15) is 9.59 Å². The van der Waals surface area contributed by atoms with E-state index in [1.165, 1.54) is 12.3 Å². The summed E-state index contributed by atoms with van der Waals surface area (Å²) in [6.07, 6.45) is 11.9. The molecule has 0 bridgehead atoms. The molecule has 0 aliphatic rings. The van der Waals surface area contributed by atoms with Gasteiger partial charge in [-0.2, -0.15) is 5.10 Å². The maximum absolute atomic E-state index is 10.2. The van der Waals surface area contributed by atoms with Gasteiger partial charge in [-0.1, -0.05) is 18.2 Å². The highest BCUT2D eigenvalue weighted by Crippen LogP contribution is 2.04. The molecule has 19 heavy (non-hydrogen) atoms. The number of nitrogens with zero attached hydrogens (tertiary/aromatic N) is 1. The Bertz CT molecular complexity index is 539. The number of aromatic amines is 1. The van der Waals surface area contributed by atoms with Crippen molar-refractivity contribution >= 4 is 24.6 Å². The molecule has 1 rings (SSSR count). The predicted molar refractivity (Wildman–Crippen MR) is 69.7 cm³/mol. The van der Waals surface area contributed by atoms with Crippen LogP contribution in [0.15, 0.2) is 42.7 Å². The number of carbonyl (C=O) groups excluding carboxylic acids is 1. The van der Waals surface area contributed by atoms with Crippen LogP contribution in [0, 0.1) is 0 Å². The van der Waals surface area contributed by atoms with Gasteiger partial charge in [0.05, 0.1) is 17.6 Å². The highest BCUT2D eigenvalue weighted by Gasteiger charge is 1.92. The lowest BCUT2D eigenvalue weighted by molar-refractivity contribution is -0.131. The Morgan fingerprint density at radius 2 is 2.05 bits per heavy atom. The molecule has 0 saturated carbocycles. The molecule has 0 atom stereocenters. The van der Waals surface area contributed by atoms with Gasteiger partial charge in [0.2, 0.25) is 0 Å².